The van der Waals surface area contributed by atoms with E-state index in [-0.39, 0.29) is 24.0 Å². The molecule has 0 unspecified atom stereocenters. The topological polar surface area (TPSA) is 84.1 Å². The molecule has 2 aromatic carbocycles. The zero-order chi connectivity index (χ0) is 22.0. The van der Waals surface area contributed by atoms with Crippen LogP contribution >= 0.6 is 23.4 Å². The Balaban J connectivity index is 1.67. The van der Waals surface area contributed by atoms with Crippen molar-refractivity contribution in [2.24, 2.45) is 0 Å². The molecule has 31 heavy (non-hydrogen) atoms. The molecule has 0 spiro atoms. The SMILES string of the molecule is CC(C)Oc1ccccc1[C@@H]1CC(=O)Nc2nc(SCc3cccc(Cl)c3)[nH]c(=O)c21. The number of aromatic nitrogens is 2. The van der Waals surface area contributed by atoms with E-state index in [1.165, 1.54) is 11.8 Å². The second-order valence-corrected chi connectivity index (χ2v) is 8.96. The second-order valence-electron chi connectivity index (χ2n) is 7.56. The van der Waals surface area contributed by atoms with Crippen LogP contribution in [0.4, 0.5) is 5.82 Å². The molecule has 0 fully saturated rings. The van der Waals surface area contributed by atoms with Crippen molar-refractivity contribution >= 4 is 35.1 Å². The maximum atomic E-state index is 13.1. The van der Waals surface area contributed by atoms with Gasteiger partial charge in [0.05, 0.1) is 11.7 Å². The number of halogens is 1. The fraction of sp³-hybridized carbons (Fsp3) is 0.261. The molecule has 8 heteroatoms. The third-order valence-electron chi connectivity index (χ3n) is 4.85. The van der Waals surface area contributed by atoms with Gasteiger partial charge in [-0.25, -0.2) is 4.98 Å². The Morgan fingerprint density at radius 2 is 2.00 bits per heavy atom. The van der Waals surface area contributed by atoms with Gasteiger partial charge in [0, 0.05) is 28.7 Å². The van der Waals surface area contributed by atoms with Crippen LogP contribution in [0.15, 0.2) is 58.5 Å². The number of amides is 1. The summed E-state index contributed by atoms with van der Waals surface area (Å²) >= 11 is 7.42. The van der Waals surface area contributed by atoms with Gasteiger partial charge in [-0.1, -0.05) is 53.7 Å². The van der Waals surface area contributed by atoms with Crippen LogP contribution in [0.5, 0.6) is 5.75 Å². The lowest BCUT2D eigenvalue weighted by atomic mass is 9.86. The van der Waals surface area contributed by atoms with E-state index in [2.05, 4.69) is 15.3 Å². The summed E-state index contributed by atoms with van der Waals surface area (Å²) in [5.41, 5.74) is 2.01. The first-order chi connectivity index (χ1) is 14.9. The number of rotatable bonds is 6. The first-order valence-corrected chi connectivity index (χ1v) is 11.3. The summed E-state index contributed by atoms with van der Waals surface area (Å²) < 4.78 is 5.93. The number of hydrogen-bond donors (Lipinski definition) is 2. The van der Waals surface area contributed by atoms with Gasteiger partial charge in [0.15, 0.2) is 5.16 Å². The molecule has 0 radical (unpaired) electrons. The molecule has 1 amide bonds. The number of hydrogen-bond acceptors (Lipinski definition) is 5. The molecule has 2 heterocycles. The van der Waals surface area contributed by atoms with E-state index >= 15 is 0 Å². The van der Waals surface area contributed by atoms with Crippen LogP contribution in [0, 0.1) is 0 Å². The molecule has 0 saturated heterocycles. The third-order valence-corrected chi connectivity index (χ3v) is 6.03. The van der Waals surface area contributed by atoms with Gasteiger partial charge >= 0.3 is 0 Å². The van der Waals surface area contributed by atoms with E-state index < -0.39 is 5.92 Å². The van der Waals surface area contributed by atoms with E-state index in [9.17, 15) is 9.59 Å². The Morgan fingerprint density at radius 3 is 2.77 bits per heavy atom. The summed E-state index contributed by atoms with van der Waals surface area (Å²) in [5.74, 6) is 0.952. The molecule has 1 aliphatic heterocycles. The molecular formula is C23H22ClN3O3S. The number of thioether (sulfide) groups is 1. The Kier molecular flexibility index (Phi) is 6.34. The van der Waals surface area contributed by atoms with E-state index in [1.54, 1.807) is 0 Å². The van der Waals surface area contributed by atoms with Crippen LogP contribution in [0.1, 0.15) is 42.9 Å². The van der Waals surface area contributed by atoms with Crippen molar-refractivity contribution in [2.75, 3.05) is 5.32 Å². The number of ether oxygens (including phenoxy) is 1. The van der Waals surface area contributed by atoms with Crippen LogP contribution < -0.4 is 15.6 Å². The number of carbonyl (C=O) groups excluding carboxylic acids is 1. The van der Waals surface area contributed by atoms with Gasteiger partial charge in [-0.15, -0.1) is 0 Å². The van der Waals surface area contributed by atoms with Gasteiger partial charge < -0.3 is 15.0 Å². The quantitative estimate of drug-likeness (QED) is 0.404. The van der Waals surface area contributed by atoms with Gasteiger partial charge in [0.1, 0.15) is 11.6 Å². The van der Waals surface area contributed by atoms with Crippen molar-refractivity contribution in [3.8, 4) is 5.75 Å². The molecule has 0 saturated carbocycles. The van der Waals surface area contributed by atoms with Crippen molar-refractivity contribution in [1.82, 2.24) is 9.97 Å². The van der Waals surface area contributed by atoms with Gasteiger partial charge in [-0.2, -0.15) is 0 Å². The second kappa shape index (κ2) is 9.16. The maximum absolute atomic E-state index is 13.1. The highest BCUT2D eigenvalue weighted by molar-refractivity contribution is 7.98. The number of carbonyl (C=O) groups is 1. The minimum Gasteiger partial charge on any atom is -0.491 e. The third kappa shape index (κ3) is 4.94. The Hall–Kier alpha value is -2.77. The van der Waals surface area contributed by atoms with Gasteiger partial charge in [-0.05, 0) is 37.6 Å². The van der Waals surface area contributed by atoms with Crippen molar-refractivity contribution in [2.45, 2.75) is 43.2 Å². The predicted molar refractivity (Wildman–Crippen MR) is 123 cm³/mol. The highest BCUT2D eigenvalue weighted by Gasteiger charge is 2.32. The lowest BCUT2D eigenvalue weighted by molar-refractivity contribution is -0.116. The minimum absolute atomic E-state index is 0.0280. The van der Waals surface area contributed by atoms with Crippen molar-refractivity contribution in [3.63, 3.8) is 0 Å². The summed E-state index contributed by atoms with van der Waals surface area (Å²) in [6.45, 7) is 3.88. The van der Waals surface area contributed by atoms with E-state index in [4.69, 9.17) is 16.3 Å². The zero-order valence-corrected chi connectivity index (χ0v) is 18.7. The Morgan fingerprint density at radius 1 is 1.19 bits per heavy atom. The molecular weight excluding hydrogens is 434 g/mol. The molecule has 0 bridgehead atoms. The highest BCUT2D eigenvalue weighted by atomic mass is 35.5. The fourth-order valence-corrected chi connectivity index (χ4v) is 4.61. The molecule has 1 aromatic heterocycles. The fourth-order valence-electron chi connectivity index (χ4n) is 3.59. The van der Waals surface area contributed by atoms with Crippen molar-refractivity contribution in [1.29, 1.82) is 0 Å². The van der Waals surface area contributed by atoms with Crippen LogP contribution in [0.25, 0.3) is 0 Å². The summed E-state index contributed by atoms with van der Waals surface area (Å²) in [4.78, 5) is 32.9. The monoisotopic (exact) mass is 455 g/mol. The predicted octanol–water partition coefficient (Wildman–Crippen LogP) is 4.98. The molecule has 160 valence electrons. The molecule has 3 aromatic rings. The number of benzene rings is 2. The number of para-hydroxylation sites is 1. The number of fused-ring (bicyclic) bond motifs is 1. The standard InChI is InChI=1S/C23H22ClN3O3S/c1-13(2)30-18-9-4-3-8-16(18)17-11-19(28)25-21-20(17)22(29)27-23(26-21)31-12-14-6-5-7-15(24)10-14/h3-10,13,17H,11-12H2,1-2H3,(H2,25,26,27,28,29)/t17-/m0/s1. The van der Waals surface area contributed by atoms with Crippen LogP contribution in [0.2, 0.25) is 5.02 Å². The first-order valence-electron chi connectivity index (χ1n) is 9.97. The molecule has 6 nitrogen and oxygen atoms in total. The lowest BCUT2D eigenvalue weighted by Gasteiger charge is -2.26. The normalized spacial score (nSPS) is 15.5. The Bertz CT molecular complexity index is 1180. The summed E-state index contributed by atoms with van der Waals surface area (Å²) in [5, 5.41) is 3.86. The molecule has 4 rings (SSSR count). The van der Waals surface area contributed by atoms with Crippen molar-refractivity contribution in [3.05, 3.63) is 80.6 Å². The van der Waals surface area contributed by atoms with Crippen LogP contribution in [-0.4, -0.2) is 22.0 Å². The Labute approximate surface area is 189 Å². The lowest BCUT2D eigenvalue weighted by Crippen LogP contribution is -2.31. The average Bonchev–Trinajstić information content (AvgIpc) is 2.71. The summed E-state index contributed by atoms with van der Waals surface area (Å²) in [7, 11) is 0. The number of H-pyrrole nitrogens is 1. The number of nitrogens with zero attached hydrogens (tertiary/aromatic N) is 1. The van der Waals surface area contributed by atoms with Gasteiger partial charge in [-0.3, -0.25) is 9.59 Å². The first kappa shape index (κ1) is 21.5. The molecule has 1 aliphatic rings. The summed E-state index contributed by atoms with van der Waals surface area (Å²) in [6.07, 6.45) is 0.130. The van der Waals surface area contributed by atoms with Gasteiger partial charge in [0.2, 0.25) is 5.91 Å². The highest BCUT2D eigenvalue weighted by Crippen LogP contribution is 2.39. The largest absolute Gasteiger partial charge is 0.491 e. The smallest absolute Gasteiger partial charge is 0.257 e. The van der Waals surface area contributed by atoms with E-state index in [1.807, 2.05) is 62.4 Å². The maximum Gasteiger partial charge on any atom is 0.257 e. The number of nitrogens with one attached hydrogen (secondary N) is 2. The number of anilines is 1. The molecule has 2 N–H and O–H groups in total. The van der Waals surface area contributed by atoms with Gasteiger partial charge in [0.25, 0.3) is 5.56 Å². The minimum atomic E-state index is -0.429. The van der Waals surface area contributed by atoms with E-state index in [0.717, 1.165) is 11.1 Å². The molecule has 0 aliphatic carbocycles. The zero-order valence-electron chi connectivity index (χ0n) is 17.1. The van der Waals surface area contributed by atoms with Crippen LogP contribution in [-0.2, 0) is 10.5 Å². The summed E-state index contributed by atoms with van der Waals surface area (Å²) in [6, 6.07) is 15.0. The molecule has 1 atom stereocenters. The number of aromatic amines is 1. The van der Waals surface area contributed by atoms with Crippen molar-refractivity contribution < 1.29 is 9.53 Å². The average molecular weight is 456 g/mol. The van der Waals surface area contributed by atoms with E-state index in [0.29, 0.717) is 33.1 Å². The van der Waals surface area contributed by atoms with Crippen LogP contribution in [0.3, 0.4) is 0 Å².